The molecule has 2 N–H and O–H groups in total. The van der Waals surface area contributed by atoms with Crippen molar-refractivity contribution < 1.29 is 13.2 Å². The first-order valence-corrected chi connectivity index (χ1v) is 10.7. The van der Waals surface area contributed by atoms with E-state index in [1.807, 2.05) is 43.3 Å². The molecule has 0 spiro atoms. The third-order valence-corrected chi connectivity index (χ3v) is 5.93. The van der Waals surface area contributed by atoms with Crippen LogP contribution in [0.15, 0.2) is 24.3 Å². The number of nitrogens with zero attached hydrogens (tertiary/aromatic N) is 3. The van der Waals surface area contributed by atoms with Crippen LogP contribution in [0.3, 0.4) is 0 Å². The molecule has 5 nitrogen and oxygen atoms in total. The number of aromatic nitrogens is 2. The highest BCUT2D eigenvalue weighted by atomic mass is 19.4. The normalized spacial score (nSPS) is 20.9. The number of alkyl halides is 3. The summed E-state index contributed by atoms with van der Waals surface area (Å²) in [6.45, 7) is 2.45. The molecule has 0 saturated heterocycles. The number of anilines is 2. The van der Waals surface area contributed by atoms with Crippen molar-refractivity contribution in [1.29, 1.82) is 0 Å². The molecule has 8 heteroatoms. The Morgan fingerprint density at radius 3 is 2.47 bits per heavy atom. The summed E-state index contributed by atoms with van der Waals surface area (Å²) in [5, 5.41) is 7.74. The van der Waals surface area contributed by atoms with Gasteiger partial charge in [-0.05, 0) is 63.2 Å². The van der Waals surface area contributed by atoms with E-state index in [1.165, 1.54) is 6.92 Å². The molecule has 1 atom stereocenters. The molecule has 1 aliphatic carbocycles. The van der Waals surface area contributed by atoms with Crippen LogP contribution in [0, 0.1) is 11.8 Å². The minimum atomic E-state index is -4.09. The second kappa shape index (κ2) is 9.81. The average molecular weight is 424 g/mol. The van der Waals surface area contributed by atoms with Gasteiger partial charge in [0, 0.05) is 25.5 Å². The number of hydrogen-bond acceptors (Lipinski definition) is 5. The predicted molar refractivity (Wildman–Crippen MR) is 116 cm³/mol. The molecule has 1 aromatic carbocycles. The van der Waals surface area contributed by atoms with E-state index in [0.29, 0.717) is 24.5 Å². The van der Waals surface area contributed by atoms with Gasteiger partial charge in [-0.1, -0.05) is 19.1 Å². The Morgan fingerprint density at radius 2 is 1.80 bits per heavy atom. The molecule has 3 rings (SSSR count). The fourth-order valence-corrected chi connectivity index (χ4v) is 3.95. The Bertz CT molecular complexity index is 816. The number of nitrogens with one attached hydrogen (secondary N) is 2. The standard InChI is InChI=1S/C22H32F3N5/c1-15(22(23,24)25)12-13-26-14-16-8-10-17(11-9-16)27-21-28-19-7-5-4-6-18(19)20(29-21)30(2)3/h4-7,15-17,26H,8-14H2,1-3H3,(H,27,28,29). The fraction of sp³-hybridized carbons (Fsp3) is 0.636. The Kier molecular flexibility index (Phi) is 7.39. The van der Waals surface area contributed by atoms with Gasteiger partial charge in [0.1, 0.15) is 5.82 Å². The Hall–Kier alpha value is -2.09. The number of fused-ring (bicyclic) bond motifs is 1. The molecule has 30 heavy (non-hydrogen) atoms. The highest BCUT2D eigenvalue weighted by molar-refractivity contribution is 5.90. The molecule has 1 aliphatic rings. The summed E-state index contributed by atoms with van der Waals surface area (Å²) < 4.78 is 37.7. The van der Waals surface area contributed by atoms with E-state index < -0.39 is 12.1 Å². The van der Waals surface area contributed by atoms with Crippen LogP contribution in [0.1, 0.15) is 39.0 Å². The summed E-state index contributed by atoms with van der Waals surface area (Å²) in [5.74, 6) is 0.812. The SMILES string of the molecule is CC(CCNCC1CCC(Nc2nc(N(C)C)c3ccccc3n2)CC1)C(F)(F)F. The second-order valence-electron chi connectivity index (χ2n) is 8.58. The lowest BCUT2D eigenvalue weighted by molar-refractivity contribution is -0.170. The Labute approximate surface area is 176 Å². The monoisotopic (exact) mass is 423 g/mol. The van der Waals surface area contributed by atoms with Gasteiger partial charge < -0.3 is 15.5 Å². The number of halogens is 3. The summed E-state index contributed by atoms with van der Waals surface area (Å²) >= 11 is 0. The molecule has 1 fully saturated rings. The molecule has 0 bridgehead atoms. The molecule has 1 saturated carbocycles. The molecule has 0 radical (unpaired) electrons. The van der Waals surface area contributed by atoms with Crippen LogP contribution in [0.25, 0.3) is 10.9 Å². The van der Waals surface area contributed by atoms with Crippen molar-refractivity contribution in [1.82, 2.24) is 15.3 Å². The predicted octanol–water partition coefficient (Wildman–Crippen LogP) is 4.84. The highest BCUT2D eigenvalue weighted by Gasteiger charge is 2.35. The van der Waals surface area contributed by atoms with Crippen LogP contribution in [-0.2, 0) is 0 Å². The van der Waals surface area contributed by atoms with Crippen LogP contribution in [0.5, 0.6) is 0 Å². The first-order valence-electron chi connectivity index (χ1n) is 10.7. The van der Waals surface area contributed by atoms with Gasteiger partial charge in [-0.3, -0.25) is 0 Å². The van der Waals surface area contributed by atoms with E-state index in [4.69, 9.17) is 4.98 Å². The Morgan fingerprint density at radius 1 is 1.10 bits per heavy atom. The van der Waals surface area contributed by atoms with Crippen molar-refractivity contribution in [3.8, 4) is 0 Å². The van der Waals surface area contributed by atoms with Crippen LogP contribution in [0.4, 0.5) is 24.9 Å². The van der Waals surface area contributed by atoms with Crippen LogP contribution < -0.4 is 15.5 Å². The third kappa shape index (κ3) is 5.97. The van der Waals surface area contributed by atoms with Gasteiger partial charge in [-0.2, -0.15) is 18.2 Å². The third-order valence-electron chi connectivity index (χ3n) is 5.93. The van der Waals surface area contributed by atoms with E-state index in [1.54, 1.807) is 0 Å². The molecule has 2 aromatic rings. The van der Waals surface area contributed by atoms with E-state index in [0.717, 1.165) is 48.9 Å². The summed E-state index contributed by atoms with van der Waals surface area (Å²) in [5.41, 5.74) is 0.921. The molecular formula is C22H32F3N5. The van der Waals surface area contributed by atoms with Crippen LogP contribution in [-0.4, -0.2) is 49.4 Å². The number of rotatable bonds is 8. The maximum atomic E-state index is 12.6. The first-order chi connectivity index (χ1) is 14.2. The lowest BCUT2D eigenvalue weighted by atomic mass is 9.86. The first kappa shape index (κ1) is 22.6. The topological polar surface area (TPSA) is 53.1 Å². The molecule has 1 aromatic heterocycles. The maximum Gasteiger partial charge on any atom is 0.391 e. The average Bonchev–Trinajstić information content (AvgIpc) is 2.70. The largest absolute Gasteiger partial charge is 0.391 e. The van der Waals surface area contributed by atoms with Crippen molar-refractivity contribution >= 4 is 22.7 Å². The van der Waals surface area contributed by atoms with Crippen molar-refractivity contribution in [2.24, 2.45) is 11.8 Å². The summed E-state index contributed by atoms with van der Waals surface area (Å²) in [7, 11) is 3.96. The smallest absolute Gasteiger partial charge is 0.362 e. The van der Waals surface area contributed by atoms with Gasteiger partial charge in [-0.25, -0.2) is 4.98 Å². The molecule has 1 heterocycles. The fourth-order valence-electron chi connectivity index (χ4n) is 3.95. The van der Waals surface area contributed by atoms with Gasteiger partial charge in [-0.15, -0.1) is 0 Å². The molecule has 0 amide bonds. The van der Waals surface area contributed by atoms with Crippen molar-refractivity contribution in [3.63, 3.8) is 0 Å². The molecular weight excluding hydrogens is 391 g/mol. The van der Waals surface area contributed by atoms with Crippen LogP contribution in [0.2, 0.25) is 0 Å². The highest BCUT2D eigenvalue weighted by Crippen LogP contribution is 2.29. The van der Waals surface area contributed by atoms with Crippen molar-refractivity contribution in [2.75, 3.05) is 37.4 Å². The van der Waals surface area contributed by atoms with Gasteiger partial charge in [0.05, 0.1) is 11.4 Å². The number of para-hydroxylation sites is 1. The van der Waals surface area contributed by atoms with E-state index in [2.05, 4.69) is 15.6 Å². The molecule has 1 unspecified atom stereocenters. The van der Waals surface area contributed by atoms with Crippen molar-refractivity contribution in [2.45, 2.75) is 51.2 Å². The zero-order valence-corrected chi connectivity index (χ0v) is 18.0. The van der Waals surface area contributed by atoms with Crippen molar-refractivity contribution in [3.05, 3.63) is 24.3 Å². The van der Waals surface area contributed by atoms with Gasteiger partial charge in [0.15, 0.2) is 0 Å². The van der Waals surface area contributed by atoms with Gasteiger partial charge in [0.25, 0.3) is 0 Å². The minimum absolute atomic E-state index is 0.133. The maximum absolute atomic E-state index is 12.6. The van der Waals surface area contributed by atoms with E-state index in [-0.39, 0.29) is 6.42 Å². The molecule has 166 valence electrons. The number of hydrogen-bond donors (Lipinski definition) is 2. The quantitative estimate of drug-likeness (QED) is 0.595. The van der Waals surface area contributed by atoms with Crippen LogP contribution >= 0.6 is 0 Å². The minimum Gasteiger partial charge on any atom is -0.362 e. The lowest BCUT2D eigenvalue weighted by Gasteiger charge is -2.29. The molecule has 0 aliphatic heterocycles. The summed E-state index contributed by atoms with van der Waals surface area (Å²) in [4.78, 5) is 11.4. The van der Waals surface area contributed by atoms with Gasteiger partial charge in [0.2, 0.25) is 5.95 Å². The van der Waals surface area contributed by atoms with E-state index in [9.17, 15) is 13.2 Å². The zero-order valence-electron chi connectivity index (χ0n) is 18.0. The number of benzene rings is 1. The lowest BCUT2D eigenvalue weighted by Crippen LogP contribution is -2.33. The zero-order chi connectivity index (χ0) is 21.7. The van der Waals surface area contributed by atoms with Gasteiger partial charge >= 0.3 is 6.18 Å². The summed E-state index contributed by atoms with van der Waals surface area (Å²) in [6, 6.07) is 8.32. The van der Waals surface area contributed by atoms with E-state index >= 15 is 0 Å². The Balaban J connectivity index is 1.47. The summed E-state index contributed by atoms with van der Waals surface area (Å²) in [6.07, 6.45) is 0.162. The second-order valence-corrected chi connectivity index (χ2v) is 8.58.